The van der Waals surface area contributed by atoms with Crippen LogP contribution in [0.5, 0.6) is 0 Å². The van der Waals surface area contributed by atoms with Crippen LogP contribution in [0.25, 0.3) is 0 Å². The first kappa shape index (κ1) is 17.9. The molecule has 0 aliphatic rings. The molecule has 0 bridgehead atoms. The summed E-state index contributed by atoms with van der Waals surface area (Å²) in [5, 5.41) is 4.51. The maximum absolute atomic E-state index is 12.1. The number of carbonyl (C=O) groups is 1. The lowest BCUT2D eigenvalue weighted by Gasteiger charge is -2.07. The van der Waals surface area contributed by atoms with Gasteiger partial charge in [0.15, 0.2) is 5.78 Å². The molecule has 0 atom stereocenters. The number of nitrogens with zero attached hydrogens (tertiary/aromatic N) is 2. The third-order valence-corrected chi connectivity index (χ3v) is 5.46. The van der Waals surface area contributed by atoms with Crippen LogP contribution in [0.4, 0.5) is 0 Å². The minimum Gasteiger partial charge on any atom is -0.294 e. The number of hydrogen-bond acceptors (Lipinski definition) is 4. The molecule has 1 heterocycles. The Morgan fingerprint density at radius 3 is 2.29 bits per heavy atom. The Hall–Kier alpha value is -1.17. The lowest BCUT2D eigenvalue weighted by atomic mass is 10.0. The van der Waals surface area contributed by atoms with E-state index in [4.69, 9.17) is 0 Å². The smallest absolute Gasteiger partial charge is 0.166 e. The largest absolute Gasteiger partial charge is 0.294 e. The first-order chi connectivity index (χ1) is 9.90. The zero-order chi connectivity index (χ0) is 16.0. The zero-order valence-electron chi connectivity index (χ0n) is 13.5. The van der Waals surface area contributed by atoms with Crippen LogP contribution in [-0.4, -0.2) is 35.5 Å². The molecule has 0 N–H and O–H groups in total. The Kier molecular flexibility index (Phi) is 6.58. The monoisotopic (exact) mass is 314 g/mol. The number of sulfone groups is 1. The molecule has 0 unspecified atom stereocenters. The van der Waals surface area contributed by atoms with Crippen LogP contribution < -0.4 is 0 Å². The van der Waals surface area contributed by atoms with Crippen LogP contribution in [0, 0.1) is 0 Å². The molecule has 0 saturated heterocycles. The van der Waals surface area contributed by atoms with Gasteiger partial charge in [-0.1, -0.05) is 27.7 Å². The molecular weight excluding hydrogens is 288 g/mol. The second-order valence-electron chi connectivity index (χ2n) is 5.07. The third-order valence-electron chi connectivity index (χ3n) is 3.66. The predicted octanol–water partition coefficient (Wildman–Crippen LogP) is 2.43. The molecule has 1 aromatic heterocycles. The number of carbonyl (C=O) groups excluding carboxylic acids is 1. The van der Waals surface area contributed by atoms with Crippen LogP contribution in [0.15, 0.2) is 0 Å². The number of aromatic nitrogens is 2. The fourth-order valence-corrected chi connectivity index (χ4v) is 3.28. The topological polar surface area (TPSA) is 69.0 Å². The van der Waals surface area contributed by atoms with E-state index in [2.05, 4.69) is 5.10 Å². The Bertz CT molecular complexity index is 588. The summed E-state index contributed by atoms with van der Waals surface area (Å²) in [4.78, 5) is 12.1. The molecular formula is C15H26N2O3S. The number of rotatable bonds is 9. The fraction of sp³-hybridized carbons (Fsp3) is 0.733. The van der Waals surface area contributed by atoms with Crippen molar-refractivity contribution in [3.63, 3.8) is 0 Å². The molecule has 0 aliphatic carbocycles. The molecule has 0 aromatic carbocycles. The van der Waals surface area contributed by atoms with Crippen molar-refractivity contribution in [2.45, 2.75) is 59.9 Å². The molecule has 0 amide bonds. The molecule has 1 rings (SSSR count). The maximum Gasteiger partial charge on any atom is 0.166 e. The highest BCUT2D eigenvalue weighted by molar-refractivity contribution is 7.91. The van der Waals surface area contributed by atoms with Crippen LogP contribution in [0.2, 0.25) is 0 Å². The average Bonchev–Trinajstić information content (AvgIpc) is 2.83. The number of ketones is 1. The first-order valence-corrected chi connectivity index (χ1v) is 9.54. The second kappa shape index (κ2) is 7.73. The Morgan fingerprint density at radius 2 is 1.81 bits per heavy atom. The van der Waals surface area contributed by atoms with Crippen molar-refractivity contribution in [3.05, 3.63) is 17.0 Å². The fourth-order valence-electron chi connectivity index (χ4n) is 2.42. The third kappa shape index (κ3) is 4.40. The van der Waals surface area contributed by atoms with E-state index in [1.807, 2.05) is 25.5 Å². The summed E-state index contributed by atoms with van der Waals surface area (Å²) in [6.07, 6.45) is 2.45. The lowest BCUT2D eigenvalue weighted by Crippen LogP contribution is -2.13. The molecule has 120 valence electrons. The summed E-state index contributed by atoms with van der Waals surface area (Å²) in [6, 6.07) is 0. The van der Waals surface area contributed by atoms with Gasteiger partial charge < -0.3 is 0 Å². The highest BCUT2D eigenvalue weighted by Crippen LogP contribution is 2.19. The van der Waals surface area contributed by atoms with Crippen molar-refractivity contribution in [1.29, 1.82) is 0 Å². The maximum atomic E-state index is 12.1. The van der Waals surface area contributed by atoms with Gasteiger partial charge in [-0.15, -0.1) is 0 Å². The number of aryl methyl sites for hydroxylation is 2. The Morgan fingerprint density at radius 1 is 1.14 bits per heavy atom. The van der Waals surface area contributed by atoms with E-state index in [1.54, 1.807) is 6.92 Å². The Balaban J connectivity index is 2.98. The first-order valence-electron chi connectivity index (χ1n) is 7.72. The molecule has 0 fully saturated rings. The number of Topliss-reactive ketones (excluding diaryl/α,β-unsaturated/α-hetero) is 1. The summed E-state index contributed by atoms with van der Waals surface area (Å²) < 4.78 is 24.9. The minimum absolute atomic E-state index is 0.121. The van der Waals surface area contributed by atoms with Crippen molar-refractivity contribution in [2.24, 2.45) is 0 Å². The second-order valence-corrected chi connectivity index (χ2v) is 7.54. The zero-order valence-corrected chi connectivity index (χ0v) is 14.3. The van der Waals surface area contributed by atoms with Gasteiger partial charge in [0.25, 0.3) is 0 Å². The normalized spacial score (nSPS) is 11.8. The van der Waals surface area contributed by atoms with Crippen molar-refractivity contribution < 1.29 is 13.2 Å². The number of hydrogen-bond donors (Lipinski definition) is 0. The molecule has 0 aliphatic heterocycles. The summed E-state index contributed by atoms with van der Waals surface area (Å²) in [6.45, 7) is 8.05. The lowest BCUT2D eigenvalue weighted by molar-refractivity contribution is 0.0986. The minimum atomic E-state index is -2.95. The molecule has 5 nitrogen and oxygen atoms in total. The molecule has 0 saturated carbocycles. The van der Waals surface area contributed by atoms with Crippen molar-refractivity contribution in [3.8, 4) is 0 Å². The van der Waals surface area contributed by atoms with E-state index in [9.17, 15) is 13.2 Å². The predicted molar refractivity (Wildman–Crippen MR) is 84.5 cm³/mol. The van der Waals surface area contributed by atoms with Crippen LogP contribution in [0.1, 0.15) is 62.3 Å². The average molecular weight is 314 g/mol. The van der Waals surface area contributed by atoms with Gasteiger partial charge >= 0.3 is 0 Å². The molecule has 21 heavy (non-hydrogen) atoms. The van der Waals surface area contributed by atoms with Gasteiger partial charge in [0.1, 0.15) is 9.84 Å². The van der Waals surface area contributed by atoms with E-state index in [-0.39, 0.29) is 17.3 Å². The molecule has 6 heteroatoms. The van der Waals surface area contributed by atoms with Crippen molar-refractivity contribution in [2.75, 3.05) is 11.5 Å². The van der Waals surface area contributed by atoms with E-state index in [0.29, 0.717) is 25.8 Å². The van der Waals surface area contributed by atoms with Gasteiger partial charge in [0.2, 0.25) is 0 Å². The van der Waals surface area contributed by atoms with Gasteiger partial charge in [0.05, 0.1) is 17.0 Å². The van der Waals surface area contributed by atoms with Crippen molar-refractivity contribution >= 4 is 15.6 Å². The van der Waals surface area contributed by atoms with Gasteiger partial charge in [-0.2, -0.15) is 5.10 Å². The van der Waals surface area contributed by atoms with E-state index in [0.717, 1.165) is 23.4 Å². The SMILES string of the molecule is CCC(=O)c1c(CC)nn(CCCS(=O)(=O)CC)c1CC. The van der Waals surface area contributed by atoms with Gasteiger partial charge in [0, 0.05) is 24.4 Å². The van der Waals surface area contributed by atoms with Crippen LogP contribution >= 0.6 is 0 Å². The summed E-state index contributed by atoms with van der Waals surface area (Å²) in [5.41, 5.74) is 2.52. The highest BCUT2D eigenvalue weighted by Gasteiger charge is 2.20. The molecule has 0 spiro atoms. The van der Waals surface area contributed by atoms with Gasteiger partial charge in [-0.25, -0.2) is 8.42 Å². The van der Waals surface area contributed by atoms with Gasteiger partial charge in [-0.05, 0) is 19.3 Å². The standard InChI is InChI=1S/C15H26N2O3S/c1-5-12-15(14(18)7-3)13(6-2)17(16-12)10-9-11-21(19,20)8-4/h5-11H2,1-4H3. The summed E-state index contributed by atoms with van der Waals surface area (Å²) >= 11 is 0. The van der Waals surface area contributed by atoms with Gasteiger partial charge in [-0.3, -0.25) is 9.48 Å². The molecule has 1 aromatic rings. The van der Waals surface area contributed by atoms with Crippen molar-refractivity contribution in [1.82, 2.24) is 9.78 Å². The summed E-state index contributed by atoms with van der Waals surface area (Å²) in [7, 11) is -2.95. The molecule has 0 radical (unpaired) electrons. The van der Waals surface area contributed by atoms with E-state index < -0.39 is 9.84 Å². The van der Waals surface area contributed by atoms with Crippen LogP contribution in [0.3, 0.4) is 0 Å². The Labute approximate surface area is 127 Å². The van der Waals surface area contributed by atoms with E-state index >= 15 is 0 Å². The quantitative estimate of drug-likeness (QED) is 0.656. The summed E-state index contributed by atoms with van der Waals surface area (Å²) in [5.74, 6) is 0.466. The van der Waals surface area contributed by atoms with E-state index in [1.165, 1.54) is 0 Å². The van der Waals surface area contributed by atoms with Crippen LogP contribution in [-0.2, 0) is 29.2 Å². The highest BCUT2D eigenvalue weighted by atomic mass is 32.2.